The largest absolute Gasteiger partial charge is 0.316 e. The summed E-state index contributed by atoms with van der Waals surface area (Å²) in [6, 6.07) is 9.09. The quantitative estimate of drug-likeness (QED) is 0.543. The highest BCUT2D eigenvalue weighted by atomic mass is 14.8. The van der Waals surface area contributed by atoms with Gasteiger partial charge in [-0.05, 0) is 55.3 Å². The van der Waals surface area contributed by atoms with Crippen LogP contribution < -0.4 is 5.32 Å². The molecule has 0 amide bonds. The Balaban J connectivity index is 2.42. The van der Waals surface area contributed by atoms with Gasteiger partial charge in [-0.15, -0.1) is 0 Å². The summed E-state index contributed by atoms with van der Waals surface area (Å²) in [6.45, 7) is 15.7. The average Bonchev–Trinajstić information content (AvgIpc) is 2.37. The number of hydrogen-bond acceptors (Lipinski definition) is 1. The second-order valence-electron chi connectivity index (χ2n) is 7.56. The molecule has 1 aromatic carbocycles. The Morgan fingerprint density at radius 3 is 2.29 bits per heavy atom. The number of benzene rings is 1. The van der Waals surface area contributed by atoms with Crippen LogP contribution in [-0.2, 0) is 11.8 Å². The maximum atomic E-state index is 3.48. The Labute approximate surface area is 131 Å². The van der Waals surface area contributed by atoms with Gasteiger partial charge in [0.05, 0.1) is 0 Å². The van der Waals surface area contributed by atoms with Crippen LogP contribution >= 0.6 is 0 Å². The van der Waals surface area contributed by atoms with E-state index in [-0.39, 0.29) is 5.41 Å². The smallest absolute Gasteiger partial charge is 0.00141 e. The molecule has 0 radical (unpaired) electrons. The normalized spacial score (nSPS) is 13.0. The molecule has 0 aliphatic rings. The molecule has 0 saturated carbocycles. The van der Waals surface area contributed by atoms with E-state index >= 15 is 0 Å². The van der Waals surface area contributed by atoms with E-state index in [1.807, 2.05) is 0 Å². The predicted molar refractivity (Wildman–Crippen MR) is 94.9 cm³/mol. The average molecular weight is 287 g/mol. The van der Waals surface area contributed by atoms with Gasteiger partial charge in [0.2, 0.25) is 0 Å². The summed E-state index contributed by atoms with van der Waals surface area (Å²) in [4.78, 5) is 0. The van der Waals surface area contributed by atoms with Crippen LogP contribution in [0.25, 0.3) is 0 Å². The summed E-state index contributed by atoms with van der Waals surface area (Å²) in [5, 5.41) is 3.48. The molecular formula is C20H33N. The van der Waals surface area contributed by atoms with Crippen LogP contribution in [0.3, 0.4) is 0 Å². The van der Waals surface area contributed by atoms with Crippen molar-refractivity contribution in [1.29, 1.82) is 0 Å². The molecule has 0 atom stereocenters. The molecule has 0 bridgehead atoms. The molecule has 0 spiro atoms. The zero-order chi connectivity index (χ0) is 15.9. The molecule has 1 nitrogen and oxygen atoms in total. The highest BCUT2D eigenvalue weighted by molar-refractivity contribution is 5.29. The lowest BCUT2D eigenvalue weighted by atomic mass is 9.86. The molecule has 0 heterocycles. The van der Waals surface area contributed by atoms with Crippen molar-refractivity contribution in [2.45, 2.75) is 59.8 Å². The Morgan fingerprint density at radius 2 is 1.76 bits per heavy atom. The molecular weight excluding hydrogens is 254 g/mol. The maximum Gasteiger partial charge on any atom is -0.00141 e. The van der Waals surface area contributed by atoms with Crippen molar-refractivity contribution < 1.29 is 0 Å². The Kier molecular flexibility index (Phi) is 7.17. The van der Waals surface area contributed by atoms with Crippen molar-refractivity contribution in [3.05, 3.63) is 47.0 Å². The Hall–Kier alpha value is -1.08. The predicted octanol–water partition coefficient (Wildman–Crippen LogP) is 5.11. The van der Waals surface area contributed by atoms with Crippen LogP contribution in [0, 0.1) is 5.92 Å². The first-order chi connectivity index (χ1) is 9.79. The van der Waals surface area contributed by atoms with Gasteiger partial charge in [0.15, 0.2) is 0 Å². The molecule has 21 heavy (non-hydrogen) atoms. The maximum absolute atomic E-state index is 3.48. The van der Waals surface area contributed by atoms with Gasteiger partial charge in [-0.25, -0.2) is 0 Å². The lowest BCUT2D eigenvalue weighted by Crippen LogP contribution is -2.20. The van der Waals surface area contributed by atoms with E-state index in [0.717, 1.165) is 31.8 Å². The fourth-order valence-electron chi connectivity index (χ4n) is 2.33. The van der Waals surface area contributed by atoms with Gasteiger partial charge in [-0.2, -0.15) is 0 Å². The standard InChI is InChI=1S/C20H33N/c1-16(2)15-21-13-7-8-17(3)14-18-9-11-19(12-10-18)20(4,5)6/h8-12,16,21H,7,13-15H2,1-6H3. The van der Waals surface area contributed by atoms with Crippen molar-refractivity contribution in [1.82, 2.24) is 5.32 Å². The molecule has 0 unspecified atom stereocenters. The zero-order valence-electron chi connectivity index (χ0n) is 14.8. The number of rotatable bonds is 7. The van der Waals surface area contributed by atoms with Crippen molar-refractivity contribution in [2.75, 3.05) is 13.1 Å². The van der Waals surface area contributed by atoms with E-state index in [0.29, 0.717) is 0 Å². The third-order valence-corrected chi connectivity index (χ3v) is 3.67. The number of hydrogen-bond donors (Lipinski definition) is 1. The van der Waals surface area contributed by atoms with Gasteiger partial charge >= 0.3 is 0 Å². The monoisotopic (exact) mass is 287 g/mol. The molecule has 0 aliphatic carbocycles. The SMILES string of the molecule is CC(=CCCNCC(C)C)Cc1ccc(C(C)(C)C)cc1. The van der Waals surface area contributed by atoms with Gasteiger partial charge in [-0.1, -0.05) is 70.5 Å². The van der Waals surface area contributed by atoms with Crippen LogP contribution in [0.1, 0.15) is 59.1 Å². The topological polar surface area (TPSA) is 12.0 Å². The minimum Gasteiger partial charge on any atom is -0.316 e. The zero-order valence-corrected chi connectivity index (χ0v) is 14.8. The summed E-state index contributed by atoms with van der Waals surface area (Å²) < 4.78 is 0. The lowest BCUT2D eigenvalue weighted by Gasteiger charge is -2.19. The third-order valence-electron chi connectivity index (χ3n) is 3.67. The first-order valence-corrected chi connectivity index (χ1v) is 8.25. The first kappa shape index (κ1) is 18.0. The van der Waals surface area contributed by atoms with Crippen LogP contribution in [0.4, 0.5) is 0 Å². The molecule has 0 fully saturated rings. The third kappa shape index (κ3) is 7.47. The minimum atomic E-state index is 0.242. The highest BCUT2D eigenvalue weighted by Crippen LogP contribution is 2.22. The van der Waals surface area contributed by atoms with Crippen molar-refractivity contribution in [3.63, 3.8) is 0 Å². The Bertz CT molecular complexity index is 432. The van der Waals surface area contributed by atoms with Crippen LogP contribution in [0.2, 0.25) is 0 Å². The first-order valence-electron chi connectivity index (χ1n) is 8.25. The van der Waals surface area contributed by atoms with E-state index in [4.69, 9.17) is 0 Å². The van der Waals surface area contributed by atoms with Gasteiger partial charge in [0.25, 0.3) is 0 Å². The fraction of sp³-hybridized carbons (Fsp3) is 0.600. The Morgan fingerprint density at radius 1 is 1.14 bits per heavy atom. The van der Waals surface area contributed by atoms with Crippen molar-refractivity contribution in [2.24, 2.45) is 5.92 Å². The number of nitrogens with one attached hydrogen (secondary N) is 1. The van der Waals surface area contributed by atoms with Crippen LogP contribution in [0.15, 0.2) is 35.9 Å². The van der Waals surface area contributed by atoms with E-state index in [1.165, 1.54) is 16.7 Å². The summed E-state index contributed by atoms with van der Waals surface area (Å²) >= 11 is 0. The molecule has 0 saturated heterocycles. The molecule has 1 heteroatoms. The second-order valence-corrected chi connectivity index (χ2v) is 7.56. The fourth-order valence-corrected chi connectivity index (χ4v) is 2.33. The van der Waals surface area contributed by atoms with Gasteiger partial charge < -0.3 is 5.32 Å². The van der Waals surface area contributed by atoms with Gasteiger partial charge in [0, 0.05) is 0 Å². The van der Waals surface area contributed by atoms with E-state index in [9.17, 15) is 0 Å². The number of allylic oxidation sites excluding steroid dienone is 1. The van der Waals surface area contributed by atoms with E-state index in [1.54, 1.807) is 0 Å². The summed E-state index contributed by atoms with van der Waals surface area (Å²) in [7, 11) is 0. The molecule has 0 aromatic heterocycles. The summed E-state index contributed by atoms with van der Waals surface area (Å²) in [5.74, 6) is 0.733. The van der Waals surface area contributed by atoms with Crippen molar-refractivity contribution in [3.8, 4) is 0 Å². The van der Waals surface area contributed by atoms with Crippen molar-refractivity contribution >= 4 is 0 Å². The minimum absolute atomic E-state index is 0.242. The molecule has 1 aromatic rings. The van der Waals surface area contributed by atoms with Crippen LogP contribution in [0.5, 0.6) is 0 Å². The summed E-state index contributed by atoms with van der Waals surface area (Å²) in [6.07, 6.45) is 4.55. The lowest BCUT2D eigenvalue weighted by molar-refractivity contribution is 0.556. The second kappa shape index (κ2) is 8.38. The molecule has 0 aliphatic heterocycles. The van der Waals surface area contributed by atoms with E-state index in [2.05, 4.69) is 77.2 Å². The van der Waals surface area contributed by atoms with Crippen LogP contribution in [-0.4, -0.2) is 13.1 Å². The van der Waals surface area contributed by atoms with E-state index < -0.39 is 0 Å². The van der Waals surface area contributed by atoms with Gasteiger partial charge in [0.1, 0.15) is 0 Å². The summed E-state index contributed by atoms with van der Waals surface area (Å²) in [5.41, 5.74) is 4.52. The molecule has 1 rings (SSSR count). The molecule has 118 valence electrons. The highest BCUT2D eigenvalue weighted by Gasteiger charge is 2.12. The van der Waals surface area contributed by atoms with Gasteiger partial charge in [-0.3, -0.25) is 0 Å². The molecule has 1 N–H and O–H groups in total.